The number of hydrogen-bond acceptors (Lipinski definition) is 4. The maximum atomic E-state index is 5.18. The molecule has 1 aromatic rings. The standard InChI is InChI=1S/C9H17N3O/c1-6-7-10-8(13-11-7)9(2,3)12(4)5/h6H2,1-5H3. The SMILES string of the molecule is CCc1noc(C(C)(C)N(C)C)n1. The first-order valence-corrected chi connectivity index (χ1v) is 4.49. The quantitative estimate of drug-likeness (QED) is 0.711. The topological polar surface area (TPSA) is 42.2 Å². The maximum absolute atomic E-state index is 5.18. The second kappa shape index (κ2) is 3.46. The van der Waals surface area contributed by atoms with Gasteiger partial charge in [0.2, 0.25) is 5.89 Å². The number of rotatable bonds is 3. The molecule has 0 radical (unpaired) electrons. The molecule has 0 amide bonds. The molecule has 4 heteroatoms. The summed E-state index contributed by atoms with van der Waals surface area (Å²) in [5.41, 5.74) is -0.194. The van der Waals surface area contributed by atoms with E-state index in [1.807, 2.05) is 21.0 Å². The molecular formula is C9H17N3O. The average Bonchev–Trinajstić information content (AvgIpc) is 2.51. The fourth-order valence-electron chi connectivity index (χ4n) is 0.837. The molecule has 0 aliphatic rings. The molecule has 4 nitrogen and oxygen atoms in total. The molecule has 0 aliphatic carbocycles. The van der Waals surface area contributed by atoms with Gasteiger partial charge in [-0.15, -0.1) is 0 Å². The predicted molar refractivity (Wildman–Crippen MR) is 50.4 cm³/mol. The Morgan fingerprint density at radius 2 is 2.00 bits per heavy atom. The van der Waals surface area contributed by atoms with Gasteiger partial charge in [0.25, 0.3) is 0 Å². The van der Waals surface area contributed by atoms with E-state index in [2.05, 4.69) is 28.9 Å². The molecule has 1 aromatic heterocycles. The zero-order valence-electron chi connectivity index (χ0n) is 8.96. The molecule has 0 aliphatic heterocycles. The second-order valence-corrected chi connectivity index (χ2v) is 3.82. The van der Waals surface area contributed by atoms with Gasteiger partial charge in [0.15, 0.2) is 5.82 Å². The Labute approximate surface area is 78.9 Å². The van der Waals surface area contributed by atoms with E-state index in [1.54, 1.807) is 0 Å². The van der Waals surface area contributed by atoms with Crippen molar-refractivity contribution in [2.75, 3.05) is 14.1 Å². The molecule has 0 saturated heterocycles. The fraction of sp³-hybridized carbons (Fsp3) is 0.778. The smallest absolute Gasteiger partial charge is 0.246 e. The van der Waals surface area contributed by atoms with Crippen LogP contribution in [0.2, 0.25) is 0 Å². The summed E-state index contributed by atoms with van der Waals surface area (Å²) in [6.07, 6.45) is 0.813. The molecule has 0 saturated carbocycles. The highest BCUT2D eigenvalue weighted by Gasteiger charge is 2.29. The van der Waals surface area contributed by atoms with Crippen LogP contribution in [0, 0.1) is 0 Å². The Balaban J connectivity index is 2.93. The van der Waals surface area contributed by atoms with E-state index >= 15 is 0 Å². The lowest BCUT2D eigenvalue weighted by Gasteiger charge is -2.27. The third kappa shape index (κ3) is 1.88. The first-order chi connectivity index (χ1) is 5.98. The Morgan fingerprint density at radius 1 is 1.38 bits per heavy atom. The molecule has 1 rings (SSSR count). The maximum Gasteiger partial charge on any atom is 0.246 e. The van der Waals surface area contributed by atoms with Gasteiger partial charge in [-0.25, -0.2) is 0 Å². The number of nitrogens with zero attached hydrogens (tertiary/aromatic N) is 3. The van der Waals surface area contributed by atoms with Crippen LogP contribution < -0.4 is 0 Å². The van der Waals surface area contributed by atoms with Crippen LogP contribution in [0.25, 0.3) is 0 Å². The van der Waals surface area contributed by atoms with Crippen LogP contribution >= 0.6 is 0 Å². The molecular weight excluding hydrogens is 166 g/mol. The zero-order valence-corrected chi connectivity index (χ0v) is 8.96. The van der Waals surface area contributed by atoms with Crippen molar-refractivity contribution in [1.82, 2.24) is 15.0 Å². The van der Waals surface area contributed by atoms with E-state index in [4.69, 9.17) is 4.52 Å². The number of hydrogen-bond donors (Lipinski definition) is 0. The molecule has 1 heterocycles. The lowest BCUT2D eigenvalue weighted by molar-refractivity contribution is 0.143. The lowest BCUT2D eigenvalue weighted by Crippen LogP contribution is -2.35. The van der Waals surface area contributed by atoms with E-state index in [-0.39, 0.29) is 5.54 Å². The van der Waals surface area contributed by atoms with Crippen molar-refractivity contribution in [2.45, 2.75) is 32.7 Å². The van der Waals surface area contributed by atoms with Crippen LogP contribution in [-0.2, 0) is 12.0 Å². The summed E-state index contributed by atoms with van der Waals surface area (Å²) in [6.45, 7) is 6.12. The summed E-state index contributed by atoms with van der Waals surface area (Å²) >= 11 is 0. The predicted octanol–water partition coefficient (Wildman–Crippen LogP) is 1.43. The number of aromatic nitrogens is 2. The summed E-state index contributed by atoms with van der Waals surface area (Å²) in [5.74, 6) is 1.44. The minimum absolute atomic E-state index is 0.194. The molecule has 0 bridgehead atoms. The van der Waals surface area contributed by atoms with Crippen LogP contribution in [-0.4, -0.2) is 29.1 Å². The van der Waals surface area contributed by atoms with Crippen LogP contribution in [0.3, 0.4) is 0 Å². The average molecular weight is 183 g/mol. The fourth-order valence-corrected chi connectivity index (χ4v) is 0.837. The van der Waals surface area contributed by atoms with Crippen molar-refractivity contribution in [1.29, 1.82) is 0 Å². The Hall–Kier alpha value is -0.900. The van der Waals surface area contributed by atoms with Crippen LogP contribution in [0.15, 0.2) is 4.52 Å². The molecule has 0 atom stereocenters. The monoisotopic (exact) mass is 183 g/mol. The van der Waals surface area contributed by atoms with E-state index < -0.39 is 0 Å². The number of aryl methyl sites for hydroxylation is 1. The van der Waals surface area contributed by atoms with Crippen LogP contribution in [0.4, 0.5) is 0 Å². The molecule has 0 spiro atoms. The van der Waals surface area contributed by atoms with Crippen molar-refractivity contribution >= 4 is 0 Å². The summed E-state index contributed by atoms with van der Waals surface area (Å²) in [7, 11) is 3.99. The normalized spacial score (nSPS) is 12.5. The second-order valence-electron chi connectivity index (χ2n) is 3.82. The molecule has 0 aromatic carbocycles. The highest BCUT2D eigenvalue weighted by Crippen LogP contribution is 2.23. The minimum atomic E-state index is -0.194. The van der Waals surface area contributed by atoms with Crippen molar-refractivity contribution in [3.05, 3.63) is 11.7 Å². The molecule has 0 unspecified atom stereocenters. The van der Waals surface area contributed by atoms with Gasteiger partial charge in [-0.1, -0.05) is 12.1 Å². The van der Waals surface area contributed by atoms with Gasteiger partial charge >= 0.3 is 0 Å². The van der Waals surface area contributed by atoms with Gasteiger partial charge in [-0.05, 0) is 27.9 Å². The van der Waals surface area contributed by atoms with Crippen molar-refractivity contribution in [2.24, 2.45) is 0 Å². The van der Waals surface area contributed by atoms with E-state index in [0.29, 0.717) is 5.89 Å². The lowest BCUT2D eigenvalue weighted by atomic mass is 10.0. The first kappa shape index (κ1) is 10.2. The summed E-state index contributed by atoms with van der Waals surface area (Å²) in [5, 5.41) is 3.87. The van der Waals surface area contributed by atoms with Gasteiger partial charge in [0.05, 0.1) is 5.54 Å². The third-order valence-electron chi connectivity index (χ3n) is 2.43. The Morgan fingerprint density at radius 3 is 2.38 bits per heavy atom. The van der Waals surface area contributed by atoms with E-state index in [0.717, 1.165) is 12.2 Å². The van der Waals surface area contributed by atoms with Gasteiger partial charge < -0.3 is 4.52 Å². The van der Waals surface area contributed by atoms with E-state index in [1.165, 1.54) is 0 Å². The van der Waals surface area contributed by atoms with Gasteiger partial charge in [0.1, 0.15) is 0 Å². The highest BCUT2D eigenvalue weighted by molar-refractivity contribution is 4.98. The summed E-state index contributed by atoms with van der Waals surface area (Å²) in [4.78, 5) is 6.36. The minimum Gasteiger partial charge on any atom is -0.337 e. The molecule has 0 N–H and O–H groups in total. The van der Waals surface area contributed by atoms with Gasteiger partial charge in [-0.3, -0.25) is 4.90 Å². The van der Waals surface area contributed by atoms with Crippen molar-refractivity contribution in [3.8, 4) is 0 Å². The molecule has 74 valence electrons. The zero-order chi connectivity index (χ0) is 10.1. The highest BCUT2D eigenvalue weighted by atomic mass is 16.5. The third-order valence-corrected chi connectivity index (χ3v) is 2.43. The van der Waals surface area contributed by atoms with Crippen molar-refractivity contribution < 1.29 is 4.52 Å². The Kier molecular flexibility index (Phi) is 2.71. The molecule has 0 fully saturated rings. The van der Waals surface area contributed by atoms with Crippen LogP contribution in [0.1, 0.15) is 32.5 Å². The van der Waals surface area contributed by atoms with Crippen molar-refractivity contribution in [3.63, 3.8) is 0 Å². The van der Waals surface area contributed by atoms with Gasteiger partial charge in [0, 0.05) is 6.42 Å². The summed E-state index contributed by atoms with van der Waals surface area (Å²) in [6, 6.07) is 0. The van der Waals surface area contributed by atoms with Crippen LogP contribution in [0.5, 0.6) is 0 Å². The summed E-state index contributed by atoms with van der Waals surface area (Å²) < 4.78 is 5.18. The van der Waals surface area contributed by atoms with E-state index in [9.17, 15) is 0 Å². The Bertz CT molecular complexity index is 278. The molecule has 13 heavy (non-hydrogen) atoms. The van der Waals surface area contributed by atoms with Gasteiger partial charge in [-0.2, -0.15) is 4.98 Å². The first-order valence-electron chi connectivity index (χ1n) is 4.49. The largest absolute Gasteiger partial charge is 0.337 e.